The Morgan fingerprint density at radius 1 is 1.03 bits per heavy atom. The molecule has 0 radical (unpaired) electrons. The number of halogens is 1. The normalized spacial score (nSPS) is 12.2. The molecule has 1 N–H and O–H groups in total. The van der Waals surface area contributed by atoms with Crippen LogP contribution >= 0.6 is 15.9 Å². The lowest BCUT2D eigenvalue weighted by molar-refractivity contribution is 0.471. The van der Waals surface area contributed by atoms with Crippen LogP contribution in [0, 0.1) is 6.92 Å². The van der Waals surface area contributed by atoms with Crippen molar-refractivity contribution in [1.82, 2.24) is 4.98 Å². The van der Waals surface area contributed by atoms with Crippen molar-refractivity contribution in [3.8, 4) is 17.2 Å². The summed E-state index contributed by atoms with van der Waals surface area (Å²) in [5, 5.41) is 10.2. The highest BCUT2D eigenvalue weighted by Gasteiger charge is 2.15. The molecule has 0 saturated carbocycles. The maximum Gasteiger partial charge on any atom is 0.227 e. The van der Waals surface area contributed by atoms with Crippen LogP contribution in [-0.2, 0) is 5.41 Å². The number of nitrogens with zero attached hydrogens (tertiary/aromatic N) is 2. The monoisotopic (exact) mass is 462 g/mol. The molecule has 1 heterocycles. The molecule has 4 aromatic rings. The SMILES string of the molecule is Cc1cc(Br)c(O)c(C=Nc2ccc3nc(-c4ccc(C(C)(C)C)cc4)oc3c2)c1. The molecule has 0 spiro atoms. The van der Waals surface area contributed by atoms with E-state index in [9.17, 15) is 5.11 Å². The largest absolute Gasteiger partial charge is 0.506 e. The van der Waals surface area contributed by atoms with E-state index >= 15 is 0 Å². The summed E-state index contributed by atoms with van der Waals surface area (Å²) in [4.78, 5) is 9.10. The van der Waals surface area contributed by atoms with E-state index < -0.39 is 0 Å². The molecule has 0 unspecified atom stereocenters. The molecule has 1 aromatic heterocycles. The van der Waals surface area contributed by atoms with Gasteiger partial charge < -0.3 is 9.52 Å². The quantitative estimate of drug-likeness (QED) is 0.324. The van der Waals surface area contributed by atoms with Crippen molar-refractivity contribution in [1.29, 1.82) is 0 Å². The third-order valence-corrected chi connectivity index (χ3v) is 5.56. The topological polar surface area (TPSA) is 58.6 Å². The number of aliphatic imine (C=N–C) groups is 1. The van der Waals surface area contributed by atoms with E-state index in [4.69, 9.17) is 4.42 Å². The van der Waals surface area contributed by atoms with Crippen LogP contribution in [0.3, 0.4) is 0 Å². The summed E-state index contributed by atoms with van der Waals surface area (Å²) < 4.78 is 6.64. The fraction of sp³-hybridized carbons (Fsp3) is 0.200. The van der Waals surface area contributed by atoms with Gasteiger partial charge in [0.15, 0.2) is 5.58 Å². The Labute approximate surface area is 184 Å². The van der Waals surface area contributed by atoms with E-state index in [-0.39, 0.29) is 11.2 Å². The molecular weight excluding hydrogens is 440 g/mol. The minimum absolute atomic E-state index is 0.105. The molecule has 4 rings (SSSR count). The summed E-state index contributed by atoms with van der Waals surface area (Å²) in [6.07, 6.45) is 1.65. The van der Waals surface area contributed by atoms with Gasteiger partial charge in [-0.3, -0.25) is 4.99 Å². The van der Waals surface area contributed by atoms with Gasteiger partial charge in [-0.1, -0.05) is 32.9 Å². The van der Waals surface area contributed by atoms with Crippen LogP contribution in [0.25, 0.3) is 22.6 Å². The van der Waals surface area contributed by atoms with Gasteiger partial charge >= 0.3 is 0 Å². The Hall–Kier alpha value is -2.92. The Morgan fingerprint density at radius 2 is 1.77 bits per heavy atom. The molecule has 0 aliphatic rings. The highest BCUT2D eigenvalue weighted by Crippen LogP contribution is 2.31. The fourth-order valence-electron chi connectivity index (χ4n) is 3.23. The summed E-state index contributed by atoms with van der Waals surface area (Å²) in [5.74, 6) is 0.762. The van der Waals surface area contributed by atoms with Gasteiger partial charge in [-0.25, -0.2) is 4.98 Å². The first kappa shape index (κ1) is 20.4. The number of rotatable bonds is 3. The molecule has 152 valence electrons. The molecule has 0 aliphatic heterocycles. The number of aromatic hydroxyl groups is 1. The van der Waals surface area contributed by atoms with E-state index in [0.29, 0.717) is 21.5 Å². The predicted octanol–water partition coefficient (Wildman–Crippen LogP) is 7.32. The first-order valence-electron chi connectivity index (χ1n) is 9.75. The molecule has 3 aromatic carbocycles. The van der Waals surface area contributed by atoms with Crippen molar-refractivity contribution in [3.63, 3.8) is 0 Å². The van der Waals surface area contributed by atoms with Crippen molar-refractivity contribution < 1.29 is 9.52 Å². The molecule has 4 nitrogen and oxygen atoms in total. The molecule has 0 aliphatic carbocycles. The second-order valence-corrected chi connectivity index (χ2v) is 9.30. The van der Waals surface area contributed by atoms with Crippen LogP contribution < -0.4 is 0 Å². The molecule has 30 heavy (non-hydrogen) atoms. The Bertz CT molecular complexity index is 1250. The van der Waals surface area contributed by atoms with Crippen molar-refractivity contribution in [3.05, 3.63) is 75.8 Å². The first-order valence-corrected chi connectivity index (χ1v) is 10.5. The van der Waals surface area contributed by atoms with Crippen molar-refractivity contribution in [2.24, 2.45) is 4.99 Å². The van der Waals surface area contributed by atoms with Gasteiger partial charge in [0, 0.05) is 23.4 Å². The van der Waals surface area contributed by atoms with Crippen LogP contribution in [0.2, 0.25) is 0 Å². The molecular formula is C25H23BrN2O2. The van der Waals surface area contributed by atoms with Crippen LogP contribution in [0.4, 0.5) is 5.69 Å². The highest BCUT2D eigenvalue weighted by molar-refractivity contribution is 9.10. The Kier molecular flexibility index (Phi) is 5.24. The Balaban J connectivity index is 1.63. The number of hydrogen-bond acceptors (Lipinski definition) is 4. The minimum Gasteiger partial charge on any atom is -0.506 e. The maximum absolute atomic E-state index is 10.2. The zero-order valence-corrected chi connectivity index (χ0v) is 19.0. The van der Waals surface area contributed by atoms with Gasteiger partial charge in [0.1, 0.15) is 11.3 Å². The average Bonchev–Trinajstić information content (AvgIpc) is 3.12. The number of phenolic OH excluding ortho intramolecular Hbond substituents is 1. The molecule has 0 bridgehead atoms. The lowest BCUT2D eigenvalue weighted by Crippen LogP contribution is -2.10. The van der Waals surface area contributed by atoms with E-state index in [2.05, 4.69) is 58.8 Å². The molecule has 5 heteroatoms. The smallest absolute Gasteiger partial charge is 0.227 e. The van der Waals surface area contributed by atoms with E-state index in [0.717, 1.165) is 22.3 Å². The number of fused-ring (bicyclic) bond motifs is 1. The average molecular weight is 463 g/mol. The number of benzene rings is 3. The summed E-state index contributed by atoms with van der Waals surface area (Å²) in [7, 11) is 0. The number of oxazole rings is 1. The van der Waals surface area contributed by atoms with Crippen molar-refractivity contribution in [2.75, 3.05) is 0 Å². The van der Waals surface area contributed by atoms with Crippen LogP contribution in [0.5, 0.6) is 5.75 Å². The fourth-order valence-corrected chi connectivity index (χ4v) is 3.82. The van der Waals surface area contributed by atoms with Crippen LogP contribution in [0.1, 0.15) is 37.5 Å². The highest BCUT2D eigenvalue weighted by atomic mass is 79.9. The standard InChI is InChI=1S/C25H23BrN2O2/c1-15-11-17(23(29)20(26)12-15)14-27-19-9-10-21-22(13-19)30-24(28-21)16-5-7-18(8-6-16)25(2,3)4/h5-14,29H,1-4H3. The predicted molar refractivity (Wildman–Crippen MR) is 126 cm³/mol. The van der Waals surface area contributed by atoms with Crippen LogP contribution in [0.15, 0.2) is 68.5 Å². The van der Waals surface area contributed by atoms with Crippen molar-refractivity contribution >= 4 is 38.9 Å². The van der Waals surface area contributed by atoms with Crippen LogP contribution in [-0.4, -0.2) is 16.3 Å². The minimum atomic E-state index is 0.105. The zero-order chi connectivity index (χ0) is 21.5. The van der Waals surface area contributed by atoms with Gasteiger partial charge in [-0.2, -0.15) is 0 Å². The molecule has 0 amide bonds. The number of aryl methyl sites for hydroxylation is 1. The second kappa shape index (κ2) is 7.73. The van der Waals surface area contributed by atoms with E-state index in [1.165, 1.54) is 5.56 Å². The zero-order valence-electron chi connectivity index (χ0n) is 17.4. The third-order valence-electron chi connectivity index (χ3n) is 4.96. The molecule has 0 fully saturated rings. The third kappa shape index (κ3) is 4.17. The second-order valence-electron chi connectivity index (χ2n) is 8.44. The van der Waals surface area contributed by atoms with Crippen molar-refractivity contribution in [2.45, 2.75) is 33.1 Å². The lowest BCUT2D eigenvalue weighted by atomic mass is 9.87. The number of hydrogen-bond donors (Lipinski definition) is 1. The summed E-state index contributed by atoms with van der Waals surface area (Å²) >= 11 is 3.36. The van der Waals surface area contributed by atoms with E-state index in [1.54, 1.807) is 6.21 Å². The van der Waals surface area contributed by atoms with Gasteiger partial charge in [-0.05, 0) is 75.8 Å². The number of phenols is 1. The van der Waals surface area contributed by atoms with Gasteiger partial charge in [0.05, 0.1) is 10.2 Å². The van der Waals surface area contributed by atoms with Gasteiger partial charge in [0.2, 0.25) is 5.89 Å². The molecule has 0 atom stereocenters. The summed E-state index contributed by atoms with van der Waals surface area (Å²) in [6.45, 7) is 8.55. The van der Waals surface area contributed by atoms with E-state index in [1.807, 2.05) is 49.4 Å². The van der Waals surface area contributed by atoms with Gasteiger partial charge in [-0.15, -0.1) is 0 Å². The first-order chi connectivity index (χ1) is 14.2. The molecule has 0 saturated heterocycles. The summed E-state index contributed by atoms with van der Waals surface area (Å²) in [6, 6.07) is 17.7. The maximum atomic E-state index is 10.2. The summed E-state index contributed by atoms with van der Waals surface area (Å²) in [5.41, 5.74) is 6.19. The number of aromatic nitrogens is 1. The lowest BCUT2D eigenvalue weighted by Gasteiger charge is -2.18. The van der Waals surface area contributed by atoms with Gasteiger partial charge in [0.25, 0.3) is 0 Å². The Morgan fingerprint density at radius 3 is 2.47 bits per heavy atom.